The Bertz CT molecular complexity index is 674. The summed E-state index contributed by atoms with van der Waals surface area (Å²) < 4.78 is 57.4. The molecule has 0 aromatic heterocycles. The predicted octanol–water partition coefficient (Wildman–Crippen LogP) is 1.69. The highest BCUT2D eigenvalue weighted by Gasteiger charge is 2.33. The van der Waals surface area contributed by atoms with Crippen LogP contribution in [0.15, 0.2) is 30.3 Å². The number of halogens is 4. The second-order valence-corrected chi connectivity index (χ2v) is 6.44. The number of hydrogen-bond acceptors (Lipinski definition) is 3. The van der Waals surface area contributed by atoms with Crippen LogP contribution in [0.5, 0.6) is 0 Å². The maximum Gasteiger partial charge on any atom is 0.531 e. The number of rotatable bonds is 3. The molecule has 0 heterocycles. The van der Waals surface area contributed by atoms with E-state index in [2.05, 4.69) is 4.43 Å². The highest BCUT2D eigenvalue weighted by Crippen LogP contribution is 2.27. The van der Waals surface area contributed by atoms with Crippen LogP contribution < -0.4 is 5.19 Å². The Hall–Kier alpha value is -1.74. The molecule has 0 aliphatic heterocycles. The minimum absolute atomic E-state index is 0.0509. The second-order valence-electron chi connectivity index (χ2n) is 4.24. The van der Waals surface area contributed by atoms with Crippen LogP contribution in [0.4, 0.5) is 17.6 Å². The third-order valence-electron chi connectivity index (χ3n) is 2.96. The van der Waals surface area contributed by atoms with E-state index in [1.807, 2.05) is 0 Å². The van der Waals surface area contributed by atoms with E-state index in [0.717, 1.165) is 7.11 Å². The molecule has 0 unspecified atom stereocenters. The third kappa shape index (κ3) is 2.83. The number of hydrogen-bond donors (Lipinski definition) is 2. The van der Waals surface area contributed by atoms with Gasteiger partial charge in [-0.05, 0) is 11.6 Å². The van der Waals surface area contributed by atoms with Gasteiger partial charge in [0.2, 0.25) is 0 Å². The molecule has 0 amide bonds. The van der Waals surface area contributed by atoms with Crippen molar-refractivity contribution in [3.05, 3.63) is 53.6 Å². The van der Waals surface area contributed by atoms with Gasteiger partial charge < -0.3 is 14.0 Å². The van der Waals surface area contributed by atoms with Crippen molar-refractivity contribution in [2.45, 2.75) is 0 Å². The Morgan fingerprint density at radius 2 is 1.48 bits per heavy atom. The Morgan fingerprint density at radius 3 is 2.00 bits per heavy atom. The van der Waals surface area contributed by atoms with Crippen molar-refractivity contribution in [3.63, 3.8) is 0 Å². The molecule has 112 valence electrons. The van der Waals surface area contributed by atoms with Crippen LogP contribution in [0.25, 0.3) is 11.1 Å². The van der Waals surface area contributed by atoms with Gasteiger partial charge in [-0.15, -0.1) is 0 Å². The van der Waals surface area contributed by atoms with Gasteiger partial charge in [0.1, 0.15) is 0 Å². The van der Waals surface area contributed by atoms with Crippen LogP contribution in [0.1, 0.15) is 0 Å². The van der Waals surface area contributed by atoms with Gasteiger partial charge in [0.05, 0.1) is 0 Å². The van der Waals surface area contributed by atoms with Crippen LogP contribution in [0.2, 0.25) is 0 Å². The molecule has 2 aromatic rings. The molecule has 2 N–H and O–H groups in total. The van der Waals surface area contributed by atoms with Crippen LogP contribution in [0.3, 0.4) is 0 Å². The molecule has 21 heavy (non-hydrogen) atoms. The summed E-state index contributed by atoms with van der Waals surface area (Å²) in [6.07, 6.45) is 0. The summed E-state index contributed by atoms with van der Waals surface area (Å²) in [6.45, 7) is 0. The lowest BCUT2D eigenvalue weighted by Crippen LogP contribution is -2.50. The van der Waals surface area contributed by atoms with Gasteiger partial charge in [0.25, 0.3) is 0 Å². The van der Waals surface area contributed by atoms with E-state index in [-0.39, 0.29) is 10.8 Å². The van der Waals surface area contributed by atoms with Gasteiger partial charge in [0, 0.05) is 17.9 Å². The van der Waals surface area contributed by atoms with Crippen molar-refractivity contribution in [1.29, 1.82) is 0 Å². The maximum atomic E-state index is 13.6. The normalized spacial score (nSPS) is 11.8. The van der Waals surface area contributed by atoms with Gasteiger partial charge in [-0.3, -0.25) is 0 Å². The fourth-order valence-corrected chi connectivity index (χ4v) is 2.60. The van der Waals surface area contributed by atoms with E-state index >= 15 is 0 Å². The Labute approximate surface area is 118 Å². The van der Waals surface area contributed by atoms with Crippen molar-refractivity contribution in [3.8, 4) is 11.1 Å². The first-order valence-electron chi connectivity index (χ1n) is 5.71. The smallest absolute Gasteiger partial charge is 0.386 e. The third-order valence-corrected chi connectivity index (χ3v) is 4.61. The zero-order chi connectivity index (χ0) is 15.8. The van der Waals surface area contributed by atoms with Gasteiger partial charge in [-0.25, -0.2) is 17.6 Å². The predicted molar refractivity (Wildman–Crippen MR) is 68.5 cm³/mol. The van der Waals surface area contributed by atoms with Gasteiger partial charge >= 0.3 is 8.80 Å². The molecule has 0 spiro atoms. The monoisotopic (exact) mass is 318 g/mol. The topological polar surface area (TPSA) is 49.7 Å². The molecule has 2 rings (SSSR count). The number of benzene rings is 2. The van der Waals surface area contributed by atoms with E-state index in [4.69, 9.17) is 0 Å². The molecule has 8 heteroatoms. The molecule has 0 atom stereocenters. The minimum atomic E-state index is -4.02. The quantitative estimate of drug-likeness (QED) is 0.392. The molecule has 0 aliphatic rings. The molecular formula is C13H10F4O3Si. The lowest BCUT2D eigenvalue weighted by Gasteiger charge is -2.15. The largest absolute Gasteiger partial charge is 0.531 e. The zero-order valence-corrected chi connectivity index (χ0v) is 11.7. The maximum absolute atomic E-state index is 13.6. The molecular weight excluding hydrogens is 308 g/mol. The van der Waals surface area contributed by atoms with Crippen LogP contribution in [0, 0.1) is 23.3 Å². The summed E-state index contributed by atoms with van der Waals surface area (Å²) in [5.41, 5.74) is -0.423. The van der Waals surface area contributed by atoms with Crippen molar-refractivity contribution < 1.29 is 31.6 Å². The van der Waals surface area contributed by atoms with Crippen LogP contribution in [-0.4, -0.2) is 25.5 Å². The Kier molecular flexibility index (Phi) is 4.15. The lowest BCUT2D eigenvalue weighted by atomic mass is 10.0. The minimum Gasteiger partial charge on any atom is -0.386 e. The van der Waals surface area contributed by atoms with E-state index in [1.54, 1.807) is 0 Å². The van der Waals surface area contributed by atoms with Crippen molar-refractivity contribution in [1.82, 2.24) is 0 Å². The Morgan fingerprint density at radius 1 is 0.905 bits per heavy atom. The molecule has 0 saturated heterocycles. The summed E-state index contributed by atoms with van der Waals surface area (Å²) in [5.74, 6) is -6.83. The summed E-state index contributed by atoms with van der Waals surface area (Å²) in [7, 11) is -2.91. The summed E-state index contributed by atoms with van der Waals surface area (Å²) in [4.78, 5) is 19.1. The molecule has 0 radical (unpaired) electrons. The second kappa shape index (κ2) is 5.56. The molecule has 0 saturated carbocycles. The SMILES string of the molecule is CO[Si](O)(O)c1ccc(-c2cc(F)c(F)c(F)c2F)cc1. The van der Waals surface area contributed by atoms with Crippen LogP contribution in [-0.2, 0) is 4.43 Å². The van der Waals surface area contributed by atoms with Gasteiger partial charge in [-0.1, -0.05) is 24.3 Å². The fraction of sp³-hybridized carbons (Fsp3) is 0.0769. The average molecular weight is 318 g/mol. The molecule has 0 fully saturated rings. The average Bonchev–Trinajstić information content (AvgIpc) is 2.49. The first-order chi connectivity index (χ1) is 9.77. The highest BCUT2D eigenvalue weighted by molar-refractivity contribution is 6.72. The molecule has 0 bridgehead atoms. The summed E-state index contributed by atoms with van der Waals surface area (Å²) in [6, 6.07) is 5.42. The van der Waals surface area contributed by atoms with E-state index in [0.29, 0.717) is 6.07 Å². The zero-order valence-electron chi connectivity index (χ0n) is 10.7. The summed E-state index contributed by atoms with van der Waals surface area (Å²) in [5, 5.41) is 0.0669. The van der Waals surface area contributed by atoms with Crippen molar-refractivity contribution >= 4 is 14.0 Å². The molecule has 3 nitrogen and oxygen atoms in total. The van der Waals surface area contributed by atoms with E-state index in [9.17, 15) is 27.2 Å². The highest BCUT2D eigenvalue weighted by atomic mass is 28.4. The Balaban J connectivity index is 2.50. The lowest BCUT2D eigenvalue weighted by molar-refractivity contribution is 0.204. The first kappa shape index (κ1) is 15.6. The standard InChI is InChI=1S/C13H10F4O3Si/c1-20-21(18,19)8-4-2-7(3-5-8)9-6-10(14)12(16)13(17)11(9)15/h2-6,18-19H,1H3. The van der Waals surface area contributed by atoms with Gasteiger partial charge in [0.15, 0.2) is 23.3 Å². The van der Waals surface area contributed by atoms with Gasteiger partial charge in [-0.2, -0.15) is 0 Å². The molecule has 0 aliphatic carbocycles. The van der Waals surface area contributed by atoms with Crippen LogP contribution >= 0.6 is 0 Å². The van der Waals surface area contributed by atoms with Crippen molar-refractivity contribution in [2.24, 2.45) is 0 Å². The first-order valence-corrected chi connectivity index (χ1v) is 7.52. The van der Waals surface area contributed by atoms with E-state index in [1.165, 1.54) is 24.3 Å². The van der Waals surface area contributed by atoms with E-state index < -0.39 is 37.6 Å². The molecule has 2 aromatic carbocycles. The fourth-order valence-electron chi connectivity index (χ4n) is 1.77. The summed E-state index contributed by atoms with van der Waals surface area (Å²) >= 11 is 0. The van der Waals surface area contributed by atoms with Crippen molar-refractivity contribution in [2.75, 3.05) is 7.11 Å².